The van der Waals surface area contributed by atoms with Crippen LogP contribution in [-0.2, 0) is 6.54 Å². The lowest BCUT2D eigenvalue weighted by molar-refractivity contribution is 0.584. The maximum absolute atomic E-state index is 8.93. The number of rotatable bonds is 5. The molecule has 16 heavy (non-hydrogen) atoms. The van der Waals surface area contributed by atoms with Gasteiger partial charge in [-0.3, -0.25) is 0 Å². The molecule has 0 amide bonds. The van der Waals surface area contributed by atoms with E-state index in [0.29, 0.717) is 6.54 Å². The molecule has 0 bridgehead atoms. The van der Waals surface area contributed by atoms with E-state index in [-0.39, 0.29) is 17.3 Å². The third-order valence-corrected chi connectivity index (χ3v) is 2.44. The van der Waals surface area contributed by atoms with Crippen LogP contribution in [0.4, 0.5) is 5.95 Å². The van der Waals surface area contributed by atoms with Crippen LogP contribution in [-0.4, -0.2) is 9.55 Å². The number of nitrogens with two attached hydrogens (primary N) is 1. The molecule has 0 aliphatic carbocycles. The standard InChI is InChI=1S/C11H15N5/c1-2-3-4-5-6-16-10(8-13)9(7-12)15-11(16)14/h2-6H2,1H3,(H2,14,15). The maximum Gasteiger partial charge on any atom is 0.202 e. The predicted octanol–water partition coefficient (Wildman–Crippen LogP) is 1.79. The van der Waals surface area contributed by atoms with Crippen molar-refractivity contribution in [1.29, 1.82) is 10.5 Å². The Labute approximate surface area is 95.1 Å². The number of hydrogen-bond donors (Lipinski definition) is 1. The minimum absolute atomic E-state index is 0.121. The summed E-state index contributed by atoms with van der Waals surface area (Å²) in [4.78, 5) is 3.86. The number of aromatic nitrogens is 2. The number of nitrogen functional groups attached to an aromatic ring is 1. The van der Waals surface area contributed by atoms with Crippen LogP contribution in [0.5, 0.6) is 0 Å². The number of anilines is 1. The highest BCUT2D eigenvalue weighted by Crippen LogP contribution is 2.14. The molecule has 5 heteroatoms. The summed E-state index contributed by atoms with van der Waals surface area (Å²) in [6, 6.07) is 3.85. The minimum atomic E-state index is 0.121. The first-order chi connectivity index (χ1) is 7.74. The first-order valence-corrected chi connectivity index (χ1v) is 5.40. The Balaban J connectivity index is 2.76. The summed E-state index contributed by atoms with van der Waals surface area (Å²) in [7, 11) is 0. The van der Waals surface area contributed by atoms with Gasteiger partial charge in [0.15, 0.2) is 11.4 Å². The molecule has 5 nitrogen and oxygen atoms in total. The summed E-state index contributed by atoms with van der Waals surface area (Å²) >= 11 is 0. The van der Waals surface area contributed by atoms with Crippen molar-refractivity contribution in [3.63, 3.8) is 0 Å². The molecule has 1 aromatic rings. The van der Waals surface area contributed by atoms with Gasteiger partial charge in [0.05, 0.1) is 0 Å². The van der Waals surface area contributed by atoms with Gasteiger partial charge in [-0.15, -0.1) is 0 Å². The van der Waals surface area contributed by atoms with Crippen LogP contribution in [0.1, 0.15) is 44.0 Å². The highest BCUT2D eigenvalue weighted by molar-refractivity contribution is 5.43. The van der Waals surface area contributed by atoms with Gasteiger partial charge >= 0.3 is 0 Å². The number of imidazole rings is 1. The Kier molecular flexibility index (Phi) is 4.35. The van der Waals surface area contributed by atoms with Crippen LogP contribution >= 0.6 is 0 Å². The average Bonchev–Trinajstić information content (AvgIpc) is 2.60. The van der Waals surface area contributed by atoms with Crippen molar-refractivity contribution in [1.82, 2.24) is 9.55 Å². The molecule has 0 spiro atoms. The highest BCUT2D eigenvalue weighted by Gasteiger charge is 2.13. The van der Waals surface area contributed by atoms with Gasteiger partial charge in [0.1, 0.15) is 12.1 Å². The van der Waals surface area contributed by atoms with Gasteiger partial charge in [0.2, 0.25) is 5.95 Å². The zero-order valence-corrected chi connectivity index (χ0v) is 9.40. The van der Waals surface area contributed by atoms with Crippen molar-refractivity contribution < 1.29 is 0 Å². The molecule has 0 aromatic carbocycles. The maximum atomic E-state index is 8.93. The summed E-state index contributed by atoms with van der Waals surface area (Å²) in [5.74, 6) is 0.254. The minimum Gasteiger partial charge on any atom is -0.369 e. The lowest BCUT2D eigenvalue weighted by atomic mass is 10.2. The summed E-state index contributed by atoms with van der Waals surface area (Å²) in [6.45, 7) is 2.80. The van der Waals surface area contributed by atoms with Crippen molar-refractivity contribution in [2.45, 2.75) is 39.2 Å². The molecule has 1 aromatic heterocycles. The van der Waals surface area contributed by atoms with Crippen molar-refractivity contribution in [2.24, 2.45) is 0 Å². The molecule has 84 valence electrons. The lowest BCUT2D eigenvalue weighted by Crippen LogP contribution is -2.05. The fourth-order valence-corrected chi connectivity index (χ4v) is 1.58. The van der Waals surface area contributed by atoms with E-state index in [4.69, 9.17) is 16.3 Å². The Morgan fingerprint density at radius 1 is 1.25 bits per heavy atom. The van der Waals surface area contributed by atoms with E-state index in [0.717, 1.165) is 19.3 Å². The van der Waals surface area contributed by atoms with Crippen LogP contribution < -0.4 is 5.73 Å². The van der Waals surface area contributed by atoms with Crippen LogP contribution in [0.3, 0.4) is 0 Å². The number of nitriles is 2. The summed E-state index contributed by atoms with van der Waals surface area (Å²) in [5, 5.41) is 17.7. The van der Waals surface area contributed by atoms with Gasteiger partial charge in [-0.05, 0) is 6.42 Å². The van der Waals surface area contributed by atoms with Gasteiger partial charge in [0, 0.05) is 6.54 Å². The second kappa shape index (κ2) is 5.77. The van der Waals surface area contributed by atoms with Crippen LogP contribution in [0.25, 0.3) is 0 Å². The molecule has 2 N–H and O–H groups in total. The van der Waals surface area contributed by atoms with E-state index in [1.165, 1.54) is 6.42 Å². The molecule has 0 atom stereocenters. The Morgan fingerprint density at radius 3 is 2.56 bits per heavy atom. The summed E-state index contributed by atoms with van der Waals surface area (Å²) in [5.41, 5.74) is 6.05. The smallest absolute Gasteiger partial charge is 0.202 e. The van der Waals surface area contributed by atoms with Crippen LogP contribution in [0, 0.1) is 22.7 Å². The first-order valence-electron chi connectivity index (χ1n) is 5.40. The van der Waals surface area contributed by atoms with E-state index in [2.05, 4.69) is 11.9 Å². The molecule has 0 aliphatic heterocycles. The highest BCUT2D eigenvalue weighted by atomic mass is 15.2. The summed E-state index contributed by atoms with van der Waals surface area (Å²) in [6.07, 6.45) is 4.38. The van der Waals surface area contributed by atoms with Gasteiger partial charge in [0.25, 0.3) is 0 Å². The average molecular weight is 217 g/mol. The third-order valence-electron chi connectivity index (χ3n) is 2.44. The lowest BCUT2D eigenvalue weighted by Gasteiger charge is -2.04. The van der Waals surface area contributed by atoms with E-state index in [9.17, 15) is 0 Å². The zero-order chi connectivity index (χ0) is 12.0. The van der Waals surface area contributed by atoms with Crippen LogP contribution in [0.2, 0.25) is 0 Å². The van der Waals surface area contributed by atoms with E-state index < -0.39 is 0 Å². The molecule has 0 unspecified atom stereocenters. The summed E-state index contributed by atoms with van der Waals surface area (Å²) < 4.78 is 1.62. The monoisotopic (exact) mass is 217 g/mol. The van der Waals surface area contributed by atoms with Gasteiger partial charge in [-0.25, -0.2) is 4.98 Å². The third kappa shape index (κ3) is 2.52. The van der Waals surface area contributed by atoms with Gasteiger partial charge in [-0.2, -0.15) is 10.5 Å². The molecule has 0 radical (unpaired) electrons. The van der Waals surface area contributed by atoms with Crippen molar-refractivity contribution >= 4 is 5.95 Å². The normalized spacial score (nSPS) is 9.69. The Bertz CT molecular complexity index is 432. The second-order valence-corrected chi connectivity index (χ2v) is 3.60. The molecule has 1 rings (SSSR count). The SMILES string of the molecule is CCCCCCn1c(N)nc(C#N)c1C#N. The molecule has 0 saturated heterocycles. The van der Waals surface area contributed by atoms with E-state index in [1.54, 1.807) is 4.57 Å². The molecular weight excluding hydrogens is 202 g/mol. The molecule has 0 saturated carbocycles. The second-order valence-electron chi connectivity index (χ2n) is 3.60. The predicted molar refractivity (Wildman–Crippen MR) is 60.2 cm³/mol. The van der Waals surface area contributed by atoms with Crippen molar-refractivity contribution in [2.75, 3.05) is 5.73 Å². The topological polar surface area (TPSA) is 91.4 Å². The molecular formula is C11H15N5. The molecule has 1 heterocycles. The molecule has 0 aliphatic rings. The fraction of sp³-hybridized carbons (Fsp3) is 0.545. The number of hydrogen-bond acceptors (Lipinski definition) is 4. The Hall–Kier alpha value is -2.01. The van der Waals surface area contributed by atoms with Crippen LogP contribution in [0.15, 0.2) is 0 Å². The van der Waals surface area contributed by atoms with E-state index >= 15 is 0 Å². The number of nitrogens with zero attached hydrogens (tertiary/aromatic N) is 4. The number of unbranched alkanes of at least 4 members (excludes halogenated alkanes) is 3. The largest absolute Gasteiger partial charge is 0.369 e. The Morgan fingerprint density at radius 2 is 2.00 bits per heavy atom. The van der Waals surface area contributed by atoms with Gasteiger partial charge in [-0.1, -0.05) is 26.2 Å². The van der Waals surface area contributed by atoms with Crippen molar-refractivity contribution in [3.05, 3.63) is 11.4 Å². The first kappa shape index (κ1) is 12.1. The molecule has 0 fully saturated rings. The van der Waals surface area contributed by atoms with Crippen molar-refractivity contribution in [3.8, 4) is 12.1 Å². The quantitative estimate of drug-likeness (QED) is 0.761. The zero-order valence-electron chi connectivity index (χ0n) is 9.40. The fourth-order valence-electron chi connectivity index (χ4n) is 1.58. The van der Waals surface area contributed by atoms with E-state index in [1.807, 2.05) is 12.1 Å². The van der Waals surface area contributed by atoms with Gasteiger partial charge < -0.3 is 10.3 Å².